The van der Waals surface area contributed by atoms with E-state index in [1.54, 1.807) is 25.1 Å². The molecule has 1 saturated heterocycles. The van der Waals surface area contributed by atoms with Gasteiger partial charge in [0.1, 0.15) is 5.82 Å². The summed E-state index contributed by atoms with van der Waals surface area (Å²) in [6.07, 6.45) is 2.63. The summed E-state index contributed by atoms with van der Waals surface area (Å²) < 4.78 is 48.7. The fraction of sp³-hybridized carbons (Fsp3) is 0.567. The quantitative estimate of drug-likeness (QED) is 0.205. The Bertz CT molecular complexity index is 1290. The van der Waals surface area contributed by atoms with Gasteiger partial charge in [-0.05, 0) is 81.2 Å². The van der Waals surface area contributed by atoms with Crippen molar-refractivity contribution in [2.75, 3.05) is 31.6 Å². The lowest BCUT2D eigenvalue weighted by molar-refractivity contribution is -0.118. The van der Waals surface area contributed by atoms with Gasteiger partial charge in [-0.15, -0.1) is 0 Å². The van der Waals surface area contributed by atoms with E-state index < -0.39 is 45.2 Å². The van der Waals surface area contributed by atoms with Crippen LogP contribution in [-0.4, -0.2) is 69.2 Å². The molecule has 1 saturated carbocycles. The maximum Gasteiger partial charge on any atom is 0.241 e. The zero-order valence-corrected chi connectivity index (χ0v) is 25.5. The molecule has 1 heterocycles. The van der Waals surface area contributed by atoms with Crippen molar-refractivity contribution in [1.82, 2.24) is 10.0 Å². The van der Waals surface area contributed by atoms with E-state index in [2.05, 4.69) is 15.4 Å². The number of amides is 1. The monoisotopic (exact) mass is 624 g/mol. The molecule has 2 aromatic carbocycles. The highest BCUT2D eigenvalue weighted by atomic mass is 35.5. The van der Waals surface area contributed by atoms with E-state index >= 15 is 4.39 Å². The number of halogens is 2. The predicted molar refractivity (Wildman–Crippen MR) is 162 cm³/mol. The number of nitrogens with one attached hydrogen (secondary N) is 3. The minimum atomic E-state index is -3.49. The number of carbonyl (C=O) groups is 1. The summed E-state index contributed by atoms with van der Waals surface area (Å²) in [5.74, 6) is -1.09. The van der Waals surface area contributed by atoms with Gasteiger partial charge in [0.15, 0.2) is 0 Å². The van der Waals surface area contributed by atoms with E-state index in [1.165, 1.54) is 12.1 Å². The van der Waals surface area contributed by atoms with Crippen LogP contribution >= 0.6 is 11.6 Å². The van der Waals surface area contributed by atoms with Crippen LogP contribution in [0.2, 0.25) is 5.02 Å². The maximum absolute atomic E-state index is 15.1. The van der Waals surface area contributed by atoms with Gasteiger partial charge in [-0.3, -0.25) is 4.79 Å². The van der Waals surface area contributed by atoms with Gasteiger partial charge in [0.25, 0.3) is 0 Å². The van der Waals surface area contributed by atoms with E-state index in [9.17, 15) is 18.3 Å². The second-order valence-corrected chi connectivity index (χ2v) is 13.8. The summed E-state index contributed by atoms with van der Waals surface area (Å²) >= 11 is 6.11. The second kappa shape index (κ2) is 15.1. The van der Waals surface area contributed by atoms with Gasteiger partial charge in [0.2, 0.25) is 15.9 Å². The molecule has 0 spiro atoms. The van der Waals surface area contributed by atoms with E-state index in [1.807, 2.05) is 12.1 Å². The molecule has 4 rings (SSSR count). The number of hydrogen-bond donors (Lipinski definition) is 5. The van der Waals surface area contributed by atoms with E-state index in [4.69, 9.17) is 22.1 Å². The Kier molecular flexibility index (Phi) is 11.8. The molecule has 42 heavy (non-hydrogen) atoms. The number of benzene rings is 2. The first-order valence-electron chi connectivity index (χ1n) is 14.6. The van der Waals surface area contributed by atoms with Gasteiger partial charge in [0, 0.05) is 54.5 Å². The zero-order chi connectivity index (χ0) is 30.3. The SMILES string of the molecule is C[C@@H](O)CNC[C@H](CCc1c(F)cccc1NC(=O)[C@@H](N)C(c1ccc(Cl)cc1)C1CCOCC1)NS(=O)(=O)C1CC1. The van der Waals surface area contributed by atoms with Crippen LogP contribution in [0.25, 0.3) is 0 Å². The normalized spacial score (nSPS) is 19.2. The summed E-state index contributed by atoms with van der Waals surface area (Å²) in [6.45, 7) is 3.38. The molecular formula is C30H42ClFN4O5S. The third-order valence-electron chi connectivity index (χ3n) is 7.96. The summed E-state index contributed by atoms with van der Waals surface area (Å²) in [7, 11) is -3.49. The first-order chi connectivity index (χ1) is 20.0. The van der Waals surface area contributed by atoms with Crippen LogP contribution in [0.5, 0.6) is 0 Å². The smallest absolute Gasteiger partial charge is 0.241 e. The van der Waals surface area contributed by atoms with Gasteiger partial charge in [0.05, 0.1) is 17.4 Å². The van der Waals surface area contributed by atoms with E-state index in [-0.39, 0.29) is 36.8 Å². The minimum Gasteiger partial charge on any atom is -0.392 e. The first kappa shape index (κ1) is 32.8. The maximum atomic E-state index is 15.1. The molecule has 9 nitrogen and oxygen atoms in total. The third-order valence-corrected chi connectivity index (χ3v) is 10.2. The molecule has 0 aromatic heterocycles. The number of aliphatic hydroxyl groups is 1. The van der Waals surface area contributed by atoms with Crippen molar-refractivity contribution in [2.24, 2.45) is 11.7 Å². The van der Waals surface area contributed by atoms with Crippen LogP contribution in [0.3, 0.4) is 0 Å². The molecule has 6 N–H and O–H groups in total. The van der Waals surface area contributed by atoms with Crippen LogP contribution < -0.4 is 21.1 Å². The fourth-order valence-corrected chi connectivity index (χ4v) is 7.28. The third kappa shape index (κ3) is 9.19. The largest absolute Gasteiger partial charge is 0.392 e. The number of rotatable bonds is 15. The molecule has 1 unspecified atom stereocenters. The molecule has 1 aliphatic heterocycles. The minimum absolute atomic E-state index is 0.127. The molecule has 0 bridgehead atoms. The number of sulfonamides is 1. The zero-order valence-electron chi connectivity index (χ0n) is 23.9. The van der Waals surface area contributed by atoms with Crippen molar-refractivity contribution < 1.29 is 27.4 Å². The van der Waals surface area contributed by atoms with Crippen molar-refractivity contribution in [1.29, 1.82) is 0 Å². The number of ether oxygens (including phenoxy) is 1. The Labute approximate surface area is 252 Å². The van der Waals surface area contributed by atoms with Gasteiger partial charge in [-0.2, -0.15) is 0 Å². The van der Waals surface area contributed by atoms with Crippen molar-refractivity contribution in [3.05, 3.63) is 64.4 Å². The molecule has 0 radical (unpaired) electrons. The highest BCUT2D eigenvalue weighted by Gasteiger charge is 2.37. The van der Waals surface area contributed by atoms with Crippen LogP contribution in [0.15, 0.2) is 42.5 Å². The Morgan fingerprint density at radius 1 is 1.12 bits per heavy atom. The first-order valence-corrected chi connectivity index (χ1v) is 16.5. The van der Waals surface area contributed by atoms with Gasteiger partial charge in [-0.25, -0.2) is 17.5 Å². The molecule has 232 valence electrons. The van der Waals surface area contributed by atoms with Crippen LogP contribution in [0.4, 0.5) is 10.1 Å². The van der Waals surface area contributed by atoms with Crippen molar-refractivity contribution >= 4 is 33.2 Å². The van der Waals surface area contributed by atoms with Crippen molar-refractivity contribution in [3.8, 4) is 0 Å². The summed E-state index contributed by atoms with van der Waals surface area (Å²) in [5, 5.41) is 15.7. The van der Waals surface area contributed by atoms with E-state index in [0.717, 1.165) is 18.4 Å². The lowest BCUT2D eigenvalue weighted by Crippen LogP contribution is -2.45. The van der Waals surface area contributed by atoms with E-state index in [0.29, 0.717) is 43.3 Å². The van der Waals surface area contributed by atoms with Crippen LogP contribution in [0.1, 0.15) is 56.1 Å². The predicted octanol–water partition coefficient (Wildman–Crippen LogP) is 3.31. The number of carbonyl (C=O) groups excluding carboxylic acids is 1. The van der Waals surface area contributed by atoms with Gasteiger partial charge >= 0.3 is 0 Å². The Morgan fingerprint density at radius 2 is 1.81 bits per heavy atom. The number of anilines is 1. The van der Waals surface area contributed by atoms with Gasteiger partial charge < -0.3 is 26.2 Å². The van der Waals surface area contributed by atoms with Crippen molar-refractivity contribution in [2.45, 2.75) is 74.8 Å². The average Bonchev–Trinajstić information content (AvgIpc) is 3.81. The Balaban J connectivity index is 1.49. The van der Waals surface area contributed by atoms with Gasteiger partial charge in [-0.1, -0.05) is 29.8 Å². The summed E-state index contributed by atoms with van der Waals surface area (Å²) in [6, 6.07) is 10.4. The molecule has 2 fully saturated rings. The number of aliphatic hydroxyl groups excluding tert-OH is 1. The topological polar surface area (TPSA) is 143 Å². The number of nitrogens with two attached hydrogens (primary N) is 1. The molecule has 1 amide bonds. The molecule has 2 aliphatic rings. The summed E-state index contributed by atoms with van der Waals surface area (Å²) in [5.41, 5.74) is 8.10. The lowest BCUT2D eigenvalue weighted by atomic mass is 9.76. The second-order valence-electron chi connectivity index (χ2n) is 11.4. The molecule has 1 aliphatic carbocycles. The van der Waals surface area contributed by atoms with Crippen LogP contribution in [0, 0.1) is 11.7 Å². The standard InChI is InChI=1S/C30H42ClFN4O5S/c1-19(37)17-34-18-23(36-42(39,40)24-10-11-24)9-12-25-26(32)3-2-4-27(25)35-30(38)29(33)28(21-13-15-41-16-14-21)20-5-7-22(31)8-6-20/h2-8,19,21,23-24,28-29,34,36-37H,9-18,33H2,1H3,(H,35,38)/t19-,23+,28?,29+/m1/s1. The summed E-state index contributed by atoms with van der Waals surface area (Å²) in [4.78, 5) is 13.6. The fourth-order valence-electron chi connectivity index (χ4n) is 5.54. The Hall–Kier alpha value is -2.12. The highest BCUT2D eigenvalue weighted by Crippen LogP contribution is 2.35. The number of hydrogen-bond acceptors (Lipinski definition) is 7. The van der Waals surface area contributed by atoms with Crippen LogP contribution in [-0.2, 0) is 26.0 Å². The van der Waals surface area contributed by atoms with Crippen molar-refractivity contribution in [3.63, 3.8) is 0 Å². The molecule has 4 atom stereocenters. The molecule has 2 aromatic rings. The average molecular weight is 625 g/mol. The highest BCUT2D eigenvalue weighted by molar-refractivity contribution is 7.90. The molecular weight excluding hydrogens is 583 g/mol. The Morgan fingerprint density at radius 3 is 2.45 bits per heavy atom. The lowest BCUT2D eigenvalue weighted by Gasteiger charge is -2.34. The molecule has 12 heteroatoms.